The lowest BCUT2D eigenvalue weighted by Gasteiger charge is -2.27. The van der Waals surface area contributed by atoms with Gasteiger partial charge in [-0.25, -0.2) is 0 Å². The first-order valence-electron chi connectivity index (χ1n) is 11.4. The van der Waals surface area contributed by atoms with Gasteiger partial charge in [-0.2, -0.15) is 0 Å². The maximum atomic E-state index is 13.6. The Morgan fingerprint density at radius 3 is 1.68 bits per heavy atom. The monoisotopic (exact) mass is 484 g/mol. The molecular formula is C30H30O2P2. The van der Waals surface area contributed by atoms with Gasteiger partial charge in [0.1, 0.15) is 0 Å². The number of ketones is 1. The first-order chi connectivity index (χ1) is 16.5. The molecule has 0 heterocycles. The van der Waals surface area contributed by atoms with Crippen LogP contribution in [0.5, 0.6) is 0 Å². The molecule has 0 saturated carbocycles. The van der Waals surface area contributed by atoms with E-state index in [9.17, 15) is 4.79 Å². The summed E-state index contributed by atoms with van der Waals surface area (Å²) in [5.41, 5.74) is 7.38. The fraction of sp³-hybridized carbons (Fsp3) is 0.167. The van der Waals surface area contributed by atoms with E-state index in [0.717, 1.165) is 29.0 Å². The van der Waals surface area contributed by atoms with E-state index in [2.05, 4.69) is 67.0 Å². The summed E-state index contributed by atoms with van der Waals surface area (Å²) in [6.07, 6.45) is 1.83. The van der Waals surface area contributed by atoms with Gasteiger partial charge in [0.2, 0.25) is 0 Å². The van der Waals surface area contributed by atoms with E-state index in [1.54, 1.807) is 7.11 Å². The number of hydrogen-bond acceptors (Lipinski definition) is 2. The number of ether oxygens (including phenoxy) is 1. The summed E-state index contributed by atoms with van der Waals surface area (Å²) in [6, 6.07) is 33.0. The number of methoxy groups -OCH3 is 1. The summed E-state index contributed by atoms with van der Waals surface area (Å²) in [7, 11) is 7.07. The zero-order valence-corrected chi connectivity index (χ0v) is 21.9. The number of carbonyl (C=O) groups excluding carboxylic acids is 1. The fourth-order valence-electron chi connectivity index (χ4n) is 4.10. The highest BCUT2D eigenvalue weighted by Gasteiger charge is 2.36. The molecule has 34 heavy (non-hydrogen) atoms. The van der Waals surface area contributed by atoms with Crippen LogP contribution in [0.1, 0.15) is 34.0 Å². The lowest BCUT2D eigenvalue weighted by Crippen LogP contribution is -2.34. The van der Waals surface area contributed by atoms with Gasteiger partial charge in [0.25, 0.3) is 0 Å². The van der Waals surface area contributed by atoms with Crippen LogP contribution < -0.4 is 0 Å². The quantitative estimate of drug-likeness (QED) is 0.191. The van der Waals surface area contributed by atoms with Gasteiger partial charge in [-0.1, -0.05) is 91.0 Å². The van der Waals surface area contributed by atoms with Gasteiger partial charge >= 0.3 is 0 Å². The van der Waals surface area contributed by atoms with Crippen LogP contribution in [0.2, 0.25) is 0 Å². The third-order valence-corrected chi connectivity index (χ3v) is 7.39. The minimum absolute atomic E-state index is 0.0544. The summed E-state index contributed by atoms with van der Waals surface area (Å²) in [6.45, 7) is 1.84. The third-order valence-electron chi connectivity index (χ3n) is 6.45. The lowest BCUT2D eigenvalue weighted by atomic mass is 9.86. The molecule has 0 spiro atoms. The molecule has 0 N–H and O–H groups in total. The second-order valence-corrected chi connectivity index (χ2v) is 9.34. The van der Waals surface area contributed by atoms with Crippen molar-refractivity contribution in [2.24, 2.45) is 0 Å². The van der Waals surface area contributed by atoms with E-state index in [4.69, 9.17) is 4.74 Å². The van der Waals surface area contributed by atoms with Crippen molar-refractivity contribution in [3.05, 3.63) is 119 Å². The second-order valence-electron chi connectivity index (χ2n) is 8.53. The molecule has 0 saturated heterocycles. The molecule has 0 fully saturated rings. The highest BCUT2D eigenvalue weighted by atomic mass is 31.0. The number of carbonyl (C=O) groups is 1. The van der Waals surface area contributed by atoms with Crippen LogP contribution in [0.25, 0.3) is 22.3 Å². The molecule has 0 radical (unpaired) electrons. The number of rotatable bonds is 8. The van der Waals surface area contributed by atoms with E-state index in [-0.39, 0.29) is 5.78 Å². The van der Waals surface area contributed by atoms with Crippen LogP contribution in [-0.4, -0.2) is 12.9 Å². The van der Waals surface area contributed by atoms with Crippen LogP contribution in [-0.2, 0) is 22.7 Å². The molecule has 172 valence electrons. The third kappa shape index (κ3) is 5.06. The van der Waals surface area contributed by atoms with Crippen LogP contribution in [0.3, 0.4) is 0 Å². The molecule has 0 bridgehead atoms. The smallest absolute Gasteiger partial charge is 0.198 e. The Hall–Kier alpha value is -2.63. The minimum Gasteiger partial charge on any atom is -0.366 e. The number of Topliss-reactive ketones (excluding diaryl/α,β-unsaturated/α-hetero) is 1. The Bertz CT molecular complexity index is 1260. The first-order valence-corrected chi connectivity index (χ1v) is 13.0. The van der Waals surface area contributed by atoms with Gasteiger partial charge in [-0.05, 0) is 64.3 Å². The Kier molecular flexibility index (Phi) is 7.74. The minimum atomic E-state index is -1.05. The predicted molar refractivity (Wildman–Crippen MR) is 149 cm³/mol. The highest BCUT2D eigenvalue weighted by molar-refractivity contribution is 7.15. The maximum Gasteiger partial charge on any atom is 0.198 e. The zero-order valence-electron chi connectivity index (χ0n) is 19.6. The first kappa shape index (κ1) is 24.5. The molecule has 4 rings (SSSR count). The number of hydrogen-bond donors (Lipinski definition) is 0. The molecule has 4 aromatic carbocycles. The van der Waals surface area contributed by atoms with Crippen molar-refractivity contribution in [3.8, 4) is 22.3 Å². The van der Waals surface area contributed by atoms with E-state index in [1.165, 1.54) is 22.3 Å². The molecule has 0 aromatic heterocycles. The largest absolute Gasteiger partial charge is 0.366 e. The van der Waals surface area contributed by atoms with Crippen molar-refractivity contribution in [3.63, 3.8) is 0 Å². The van der Waals surface area contributed by atoms with Gasteiger partial charge in [-0.15, -0.1) is 18.5 Å². The Labute approximate surface area is 207 Å². The van der Waals surface area contributed by atoms with Crippen LogP contribution in [0.15, 0.2) is 97.1 Å². The van der Waals surface area contributed by atoms with Crippen molar-refractivity contribution in [1.82, 2.24) is 0 Å². The van der Waals surface area contributed by atoms with Crippen molar-refractivity contribution >= 4 is 24.3 Å². The van der Waals surface area contributed by atoms with Crippen LogP contribution in [0.4, 0.5) is 0 Å². The Morgan fingerprint density at radius 1 is 0.706 bits per heavy atom. The molecular weight excluding hydrogens is 454 g/mol. The van der Waals surface area contributed by atoms with Gasteiger partial charge in [0, 0.05) is 12.7 Å². The highest BCUT2D eigenvalue weighted by Crippen LogP contribution is 2.32. The molecule has 3 unspecified atom stereocenters. The predicted octanol–water partition coefficient (Wildman–Crippen LogP) is 7.52. The second kappa shape index (κ2) is 10.7. The van der Waals surface area contributed by atoms with Gasteiger partial charge in [-0.3, -0.25) is 4.79 Å². The summed E-state index contributed by atoms with van der Waals surface area (Å²) in [4.78, 5) is 13.6. The summed E-state index contributed by atoms with van der Waals surface area (Å²) in [5, 5.41) is 0. The molecule has 0 aliphatic rings. The molecule has 4 aromatic rings. The molecule has 0 aliphatic carbocycles. The lowest BCUT2D eigenvalue weighted by molar-refractivity contribution is 0.0101. The van der Waals surface area contributed by atoms with Gasteiger partial charge in [0.15, 0.2) is 11.4 Å². The molecule has 0 aliphatic heterocycles. The normalized spacial score (nSPS) is 12.8. The van der Waals surface area contributed by atoms with Crippen LogP contribution >= 0.6 is 18.5 Å². The molecule has 0 amide bonds. The van der Waals surface area contributed by atoms with E-state index < -0.39 is 5.60 Å². The van der Waals surface area contributed by atoms with Crippen molar-refractivity contribution in [1.29, 1.82) is 0 Å². The van der Waals surface area contributed by atoms with Gasteiger partial charge in [0.05, 0.1) is 0 Å². The topological polar surface area (TPSA) is 26.3 Å². The Balaban J connectivity index is 1.60. The van der Waals surface area contributed by atoms with Gasteiger partial charge < -0.3 is 4.74 Å². The Morgan fingerprint density at radius 2 is 1.18 bits per heavy atom. The average Bonchev–Trinajstić information content (AvgIpc) is 2.92. The average molecular weight is 485 g/mol. The SMILES string of the molecule is COC(C)(C(=O)c1cccc(-c2ccc(-c3ccc(CP)cc3)cc2)c1)c1ccc(CP)cc1. The molecule has 4 heteroatoms. The van der Waals surface area contributed by atoms with Crippen molar-refractivity contribution in [2.75, 3.05) is 7.11 Å². The summed E-state index contributed by atoms with van der Waals surface area (Å²) in [5.74, 6) is -0.0544. The van der Waals surface area contributed by atoms with E-state index in [1.807, 2.05) is 55.5 Å². The summed E-state index contributed by atoms with van der Waals surface area (Å²) >= 11 is 0. The standard InChI is InChI=1S/C30H30O2P2/c1-30(32-2,28-16-8-22(20-34)9-17-28)29(31)27-5-3-4-26(18-27)25-14-12-24(13-15-25)23-10-6-21(19-33)7-11-23/h3-18H,19-20,33-34H2,1-2H3. The van der Waals surface area contributed by atoms with E-state index in [0.29, 0.717) is 5.56 Å². The molecule has 2 nitrogen and oxygen atoms in total. The van der Waals surface area contributed by atoms with E-state index >= 15 is 0 Å². The van der Waals surface area contributed by atoms with Crippen molar-refractivity contribution in [2.45, 2.75) is 24.8 Å². The fourth-order valence-corrected chi connectivity index (χ4v) is 4.65. The zero-order chi connectivity index (χ0) is 24.1. The number of benzene rings is 4. The summed E-state index contributed by atoms with van der Waals surface area (Å²) < 4.78 is 5.78. The van der Waals surface area contributed by atoms with Crippen LogP contribution in [0, 0.1) is 0 Å². The maximum absolute atomic E-state index is 13.6. The molecule has 3 atom stereocenters. The van der Waals surface area contributed by atoms with Crippen molar-refractivity contribution < 1.29 is 9.53 Å².